The number of alkyl halides is 3. The van der Waals surface area contributed by atoms with Gasteiger partial charge in [-0.05, 0) is 17.7 Å². The molecular weight excluding hydrogens is 377 g/mol. The summed E-state index contributed by atoms with van der Waals surface area (Å²) >= 11 is 1.73. The van der Waals surface area contributed by atoms with E-state index in [1.807, 2.05) is 24.3 Å². The maximum Gasteiger partial charge on any atom is 0.435 e. The first-order valence-corrected chi connectivity index (χ1v) is 9.07. The Hall–Kier alpha value is -2.55. The molecule has 0 spiro atoms. The van der Waals surface area contributed by atoms with Crippen LogP contribution in [0.25, 0.3) is 5.65 Å². The molecule has 1 amide bonds. The standard InChI is InChI=1S/C18H17F3N4OS/c1-11(2)27-14-5-3-12(4-6-14)7-17(26)23-13-9-22-16-8-15(18(19,20)21)24-25(16)10-13/h3-6,8-11H,7H2,1-2H3,(H,23,26). The van der Waals surface area contributed by atoms with Crippen LogP contribution in [0.4, 0.5) is 18.9 Å². The van der Waals surface area contributed by atoms with Gasteiger partial charge < -0.3 is 5.32 Å². The molecule has 0 atom stereocenters. The quantitative estimate of drug-likeness (QED) is 0.651. The predicted molar refractivity (Wildman–Crippen MR) is 97.8 cm³/mol. The fourth-order valence-electron chi connectivity index (χ4n) is 2.43. The van der Waals surface area contributed by atoms with Crippen molar-refractivity contribution < 1.29 is 18.0 Å². The van der Waals surface area contributed by atoms with Crippen molar-refractivity contribution in [3.63, 3.8) is 0 Å². The average Bonchev–Trinajstić information content (AvgIpc) is 3.00. The largest absolute Gasteiger partial charge is 0.435 e. The number of nitrogens with zero attached hydrogens (tertiary/aromatic N) is 3. The highest BCUT2D eigenvalue weighted by molar-refractivity contribution is 7.99. The third-order valence-corrected chi connectivity index (χ3v) is 4.56. The Morgan fingerprint density at radius 2 is 1.96 bits per heavy atom. The van der Waals surface area contributed by atoms with Gasteiger partial charge in [0.25, 0.3) is 0 Å². The van der Waals surface area contributed by atoms with Gasteiger partial charge in [0.1, 0.15) is 0 Å². The van der Waals surface area contributed by atoms with Crippen LogP contribution < -0.4 is 5.32 Å². The minimum atomic E-state index is -4.54. The van der Waals surface area contributed by atoms with Crippen molar-refractivity contribution in [2.45, 2.75) is 36.6 Å². The van der Waals surface area contributed by atoms with Crippen LogP contribution in [-0.2, 0) is 17.4 Å². The van der Waals surface area contributed by atoms with Crippen molar-refractivity contribution >= 4 is 29.0 Å². The highest BCUT2D eigenvalue weighted by Gasteiger charge is 2.34. The summed E-state index contributed by atoms with van der Waals surface area (Å²) in [6.45, 7) is 4.21. The number of carbonyl (C=O) groups excluding carboxylic acids is 1. The SMILES string of the molecule is CC(C)Sc1ccc(CC(=O)Nc2cnc3cc(C(F)(F)F)nn3c2)cc1. The molecule has 0 saturated carbocycles. The Labute approximate surface area is 158 Å². The van der Waals surface area contributed by atoms with Crippen molar-refractivity contribution in [3.8, 4) is 0 Å². The minimum Gasteiger partial charge on any atom is -0.323 e. The molecule has 142 valence electrons. The van der Waals surface area contributed by atoms with E-state index in [0.29, 0.717) is 5.25 Å². The van der Waals surface area contributed by atoms with E-state index in [0.717, 1.165) is 21.0 Å². The molecule has 0 aliphatic rings. The van der Waals surface area contributed by atoms with Gasteiger partial charge in [0.05, 0.1) is 24.5 Å². The number of anilines is 1. The van der Waals surface area contributed by atoms with Crippen LogP contribution in [0.5, 0.6) is 0 Å². The first-order valence-electron chi connectivity index (χ1n) is 8.19. The lowest BCUT2D eigenvalue weighted by atomic mass is 10.1. The molecule has 1 aromatic carbocycles. The molecule has 0 fully saturated rings. The van der Waals surface area contributed by atoms with E-state index in [9.17, 15) is 18.0 Å². The van der Waals surface area contributed by atoms with Gasteiger partial charge >= 0.3 is 6.18 Å². The molecule has 3 aromatic rings. The van der Waals surface area contributed by atoms with E-state index in [1.165, 1.54) is 12.4 Å². The molecule has 27 heavy (non-hydrogen) atoms. The molecule has 0 bridgehead atoms. The summed E-state index contributed by atoms with van der Waals surface area (Å²) in [6, 6.07) is 8.54. The Balaban J connectivity index is 1.66. The molecule has 2 heterocycles. The number of fused-ring (bicyclic) bond motifs is 1. The summed E-state index contributed by atoms with van der Waals surface area (Å²) in [5.74, 6) is -0.288. The number of carbonyl (C=O) groups is 1. The second-order valence-corrected chi connectivity index (χ2v) is 7.86. The van der Waals surface area contributed by atoms with Gasteiger partial charge in [0.2, 0.25) is 5.91 Å². The fourth-order valence-corrected chi connectivity index (χ4v) is 3.27. The molecule has 1 N–H and O–H groups in total. The molecule has 0 radical (unpaired) electrons. The normalized spacial score (nSPS) is 11.9. The van der Waals surface area contributed by atoms with Crippen LogP contribution >= 0.6 is 11.8 Å². The van der Waals surface area contributed by atoms with Crippen LogP contribution in [0.2, 0.25) is 0 Å². The predicted octanol–water partition coefficient (Wildman–Crippen LogP) is 4.43. The Morgan fingerprint density at radius 3 is 2.59 bits per heavy atom. The maximum atomic E-state index is 12.7. The smallest absolute Gasteiger partial charge is 0.323 e. The van der Waals surface area contributed by atoms with E-state index in [2.05, 4.69) is 29.2 Å². The van der Waals surface area contributed by atoms with Gasteiger partial charge in [0, 0.05) is 16.2 Å². The van der Waals surface area contributed by atoms with Gasteiger partial charge in [-0.3, -0.25) is 4.79 Å². The molecule has 5 nitrogen and oxygen atoms in total. The zero-order valence-electron chi connectivity index (χ0n) is 14.6. The molecule has 0 aliphatic carbocycles. The monoisotopic (exact) mass is 394 g/mol. The Morgan fingerprint density at radius 1 is 1.26 bits per heavy atom. The summed E-state index contributed by atoms with van der Waals surface area (Å²) in [7, 11) is 0. The maximum absolute atomic E-state index is 12.7. The summed E-state index contributed by atoms with van der Waals surface area (Å²) in [6.07, 6.45) is -1.79. The van der Waals surface area contributed by atoms with Crippen LogP contribution in [0.1, 0.15) is 25.1 Å². The fraction of sp³-hybridized carbons (Fsp3) is 0.278. The van der Waals surface area contributed by atoms with Crippen molar-refractivity contribution in [2.75, 3.05) is 5.32 Å². The molecule has 0 saturated heterocycles. The summed E-state index contributed by atoms with van der Waals surface area (Å²) in [5.41, 5.74) is 0.140. The molecule has 0 unspecified atom stereocenters. The van der Waals surface area contributed by atoms with Gasteiger partial charge in [-0.15, -0.1) is 11.8 Å². The number of hydrogen-bond donors (Lipinski definition) is 1. The van der Waals surface area contributed by atoms with Crippen molar-refractivity contribution in [1.82, 2.24) is 14.6 Å². The Kier molecular flexibility index (Phi) is 5.41. The van der Waals surface area contributed by atoms with E-state index < -0.39 is 11.9 Å². The van der Waals surface area contributed by atoms with Crippen LogP contribution in [0.15, 0.2) is 47.6 Å². The molecule has 2 aromatic heterocycles. The lowest BCUT2D eigenvalue weighted by molar-refractivity contribution is -0.141. The van der Waals surface area contributed by atoms with Crippen molar-refractivity contribution in [2.24, 2.45) is 0 Å². The number of rotatable bonds is 5. The number of halogens is 3. The van der Waals surface area contributed by atoms with Crippen LogP contribution in [0.3, 0.4) is 0 Å². The van der Waals surface area contributed by atoms with Crippen LogP contribution in [-0.4, -0.2) is 25.8 Å². The summed E-state index contributed by atoms with van der Waals surface area (Å²) in [4.78, 5) is 17.2. The van der Waals surface area contributed by atoms with Crippen LogP contribution in [0, 0.1) is 0 Å². The summed E-state index contributed by atoms with van der Waals surface area (Å²) < 4.78 is 39.1. The number of hydrogen-bond acceptors (Lipinski definition) is 4. The highest BCUT2D eigenvalue weighted by atomic mass is 32.2. The zero-order valence-corrected chi connectivity index (χ0v) is 15.4. The Bertz CT molecular complexity index is 951. The number of amides is 1. The second kappa shape index (κ2) is 7.59. The van der Waals surface area contributed by atoms with E-state index >= 15 is 0 Å². The average molecular weight is 394 g/mol. The number of thioether (sulfide) groups is 1. The van der Waals surface area contributed by atoms with Crippen molar-refractivity contribution in [3.05, 3.63) is 54.0 Å². The molecular formula is C18H17F3N4OS. The van der Waals surface area contributed by atoms with E-state index in [-0.39, 0.29) is 23.7 Å². The molecule has 9 heteroatoms. The minimum absolute atomic E-state index is 0.0542. The molecule has 3 rings (SSSR count). The zero-order chi connectivity index (χ0) is 19.6. The third-order valence-electron chi connectivity index (χ3n) is 3.55. The summed E-state index contributed by atoms with van der Waals surface area (Å²) in [5, 5.41) is 6.55. The van der Waals surface area contributed by atoms with Gasteiger partial charge in [-0.1, -0.05) is 26.0 Å². The van der Waals surface area contributed by atoms with Crippen molar-refractivity contribution in [1.29, 1.82) is 0 Å². The first-order chi connectivity index (χ1) is 12.7. The number of nitrogens with one attached hydrogen (secondary N) is 1. The highest BCUT2D eigenvalue weighted by Crippen LogP contribution is 2.28. The number of benzene rings is 1. The van der Waals surface area contributed by atoms with Gasteiger partial charge in [0.15, 0.2) is 11.3 Å². The third kappa shape index (κ3) is 5.00. The van der Waals surface area contributed by atoms with Gasteiger partial charge in [-0.25, -0.2) is 9.50 Å². The topological polar surface area (TPSA) is 59.3 Å². The number of aromatic nitrogens is 3. The first kappa shape index (κ1) is 19.2. The molecule has 0 aliphatic heterocycles. The van der Waals surface area contributed by atoms with E-state index in [4.69, 9.17) is 0 Å². The lowest BCUT2D eigenvalue weighted by Gasteiger charge is -2.07. The van der Waals surface area contributed by atoms with Gasteiger partial charge in [-0.2, -0.15) is 18.3 Å². The van der Waals surface area contributed by atoms with E-state index in [1.54, 1.807) is 11.8 Å². The lowest BCUT2D eigenvalue weighted by Crippen LogP contribution is -2.15. The second-order valence-electron chi connectivity index (χ2n) is 6.21.